The van der Waals surface area contributed by atoms with E-state index in [1.807, 2.05) is 41.1 Å². The van der Waals surface area contributed by atoms with Gasteiger partial charge in [0, 0.05) is 28.7 Å². The summed E-state index contributed by atoms with van der Waals surface area (Å²) in [6.07, 6.45) is 5.23. The molecule has 3 aromatic heterocycles. The highest BCUT2D eigenvalue weighted by Gasteiger charge is 2.23. The Morgan fingerprint density at radius 1 is 1.02 bits per heavy atom. The molecule has 6 aromatic rings. The number of fused-ring (bicyclic) bond motifs is 3. The maximum atomic E-state index is 13.9. The molecule has 3 aromatic carbocycles. The Bertz CT molecular complexity index is 1940. The van der Waals surface area contributed by atoms with Crippen molar-refractivity contribution in [1.29, 1.82) is 0 Å². The molecule has 0 amide bonds. The fourth-order valence-corrected chi connectivity index (χ4v) is 5.31. The molecule has 0 aliphatic heterocycles. The number of aromatic nitrogens is 3. The van der Waals surface area contributed by atoms with Crippen LogP contribution in [0.25, 0.3) is 21.9 Å². The zero-order valence-corrected chi connectivity index (χ0v) is 21.8. The molecule has 200 valence electrons. The summed E-state index contributed by atoms with van der Waals surface area (Å²) in [4.78, 5) is 31.3. The molecule has 6 rings (SSSR count). The molecule has 0 saturated heterocycles. The Balaban J connectivity index is 1.49. The second-order valence-electron chi connectivity index (χ2n) is 9.03. The molecule has 0 fully saturated rings. The molecule has 0 spiro atoms. The number of pyridine rings is 1. The predicted octanol–water partition coefficient (Wildman–Crippen LogP) is 5.43. The van der Waals surface area contributed by atoms with Crippen LogP contribution in [0.4, 0.5) is 4.39 Å². The van der Waals surface area contributed by atoms with Gasteiger partial charge in [0.05, 0.1) is 24.9 Å². The number of aromatic hydroxyl groups is 1. The van der Waals surface area contributed by atoms with Crippen molar-refractivity contribution < 1.29 is 18.7 Å². The zero-order chi connectivity index (χ0) is 27.6. The van der Waals surface area contributed by atoms with Gasteiger partial charge in [-0.05, 0) is 42.0 Å². The van der Waals surface area contributed by atoms with E-state index in [1.165, 1.54) is 28.8 Å². The summed E-state index contributed by atoms with van der Waals surface area (Å²) >= 11 is 0.901. The quantitative estimate of drug-likeness (QED) is 0.250. The summed E-state index contributed by atoms with van der Waals surface area (Å²) in [5.74, 6) is -0.377. The van der Waals surface area contributed by atoms with Crippen molar-refractivity contribution >= 4 is 33.6 Å². The Morgan fingerprint density at radius 2 is 1.82 bits per heavy atom. The third-order valence-corrected chi connectivity index (χ3v) is 7.49. The summed E-state index contributed by atoms with van der Waals surface area (Å²) in [7, 11) is 0. The average Bonchev–Trinajstić information content (AvgIpc) is 3.48. The highest BCUT2D eigenvalue weighted by atomic mass is 32.2. The van der Waals surface area contributed by atoms with Crippen molar-refractivity contribution in [2.45, 2.75) is 22.9 Å². The number of hydrogen-bond donors (Lipinski definition) is 1. The van der Waals surface area contributed by atoms with E-state index in [4.69, 9.17) is 9.15 Å². The van der Waals surface area contributed by atoms with Crippen LogP contribution in [0, 0.1) is 5.82 Å². The number of halogens is 1. The van der Waals surface area contributed by atoms with E-state index in [-0.39, 0.29) is 22.4 Å². The van der Waals surface area contributed by atoms with E-state index in [0.29, 0.717) is 34.7 Å². The maximum Gasteiger partial charge on any atom is 0.354 e. The van der Waals surface area contributed by atoms with Crippen molar-refractivity contribution in [3.63, 3.8) is 0 Å². The second-order valence-corrected chi connectivity index (χ2v) is 10.1. The third kappa shape index (κ3) is 4.96. The minimum absolute atomic E-state index is 0.0137. The third-order valence-electron chi connectivity index (χ3n) is 6.42. The first-order chi connectivity index (χ1) is 19.5. The summed E-state index contributed by atoms with van der Waals surface area (Å²) in [5.41, 5.74) is 0.0169. The van der Waals surface area contributed by atoms with Crippen LogP contribution in [0.5, 0.6) is 11.5 Å². The summed E-state index contributed by atoms with van der Waals surface area (Å²) in [6, 6.07) is 20.0. The SMILES string of the molecule is O=c1oc2c(c(O)c1Sc1ccc(F)cc1)c(=O)n(Cc1ccccc1)c1cc(OCCn3ccnc3)ccc21. The summed E-state index contributed by atoms with van der Waals surface area (Å²) < 4.78 is 28.4. The molecular formula is C30H22FN3O5S. The van der Waals surface area contributed by atoms with Gasteiger partial charge in [-0.2, -0.15) is 0 Å². The smallest absolute Gasteiger partial charge is 0.354 e. The van der Waals surface area contributed by atoms with E-state index in [0.717, 1.165) is 17.3 Å². The number of benzene rings is 3. The lowest BCUT2D eigenvalue weighted by Gasteiger charge is -2.15. The van der Waals surface area contributed by atoms with Crippen molar-refractivity contribution in [2.75, 3.05) is 6.61 Å². The highest BCUT2D eigenvalue weighted by molar-refractivity contribution is 7.99. The fraction of sp³-hybridized carbons (Fsp3) is 0.100. The molecule has 0 aliphatic carbocycles. The molecule has 0 unspecified atom stereocenters. The van der Waals surface area contributed by atoms with Crippen LogP contribution in [0.2, 0.25) is 0 Å². The Hall–Kier alpha value is -4.83. The highest BCUT2D eigenvalue weighted by Crippen LogP contribution is 2.37. The van der Waals surface area contributed by atoms with E-state index < -0.39 is 22.8 Å². The second kappa shape index (κ2) is 10.7. The standard InChI is InChI=1S/C30H22FN3O5S/c31-20-6-9-22(10-7-20)40-28-26(35)25-27(39-30(28)37)23-11-8-21(38-15-14-33-13-12-32-18-33)16-24(23)34(29(25)36)17-19-4-2-1-3-5-19/h1-13,16,18,35H,14-15,17H2. The Labute approximate surface area is 230 Å². The molecule has 0 atom stereocenters. The van der Waals surface area contributed by atoms with Gasteiger partial charge in [-0.25, -0.2) is 14.2 Å². The number of nitrogens with zero attached hydrogens (tertiary/aromatic N) is 3. The monoisotopic (exact) mass is 555 g/mol. The molecule has 0 aliphatic rings. The zero-order valence-electron chi connectivity index (χ0n) is 21.0. The lowest BCUT2D eigenvalue weighted by Crippen LogP contribution is -2.23. The molecule has 0 saturated carbocycles. The van der Waals surface area contributed by atoms with Gasteiger partial charge in [-0.3, -0.25) is 4.79 Å². The number of hydrogen-bond acceptors (Lipinski definition) is 7. The predicted molar refractivity (Wildman–Crippen MR) is 150 cm³/mol. The fourth-order valence-electron chi connectivity index (χ4n) is 4.48. The van der Waals surface area contributed by atoms with Crippen molar-refractivity contribution in [2.24, 2.45) is 0 Å². The Morgan fingerprint density at radius 3 is 2.58 bits per heavy atom. The van der Waals surface area contributed by atoms with E-state index in [2.05, 4.69) is 4.98 Å². The molecule has 1 N–H and O–H groups in total. The van der Waals surface area contributed by atoms with Crippen LogP contribution >= 0.6 is 11.8 Å². The van der Waals surface area contributed by atoms with Gasteiger partial charge in [0.2, 0.25) is 0 Å². The van der Waals surface area contributed by atoms with Crippen LogP contribution in [-0.4, -0.2) is 25.8 Å². The van der Waals surface area contributed by atoms with E-state index >= 15 is 0 Å². The van der Waals surface area contributed by atoms with Crippen LogP contribution < -0.4 is 15.9 Å². The summed E-state index contributed by atoms with van der Waals surface area (Å²) in [5, 5.41) is 11.6. The van der Waals surface area contributed by atoms with Crippen molar-refractivity contribution in [3.8, 4) is 11.5 Å². The van der Waals surface area contributed by atoms with Crippen LogP contribution in [-0.2, 0) is 13.1 Å². The molecule has 40 heavy (non-hydrogen) atoms. The number of imidazole rings is 1. The van der Waals surface area contributed by atoms with Gasteiger partial charge in [0.1, 0.15) is 28.5 Å². The molecular weight excluding hydrogens is 533 g/mol. The first kappa shape index (κ1) is 25.4. The van der Waals surface area contributed by atoms with Gasteiger partial charge >= 0.3 is 5.63 Å². The largest absolute Gasteiger partial charge is 0.505 e. The first-order valence-electron chi connectivity index (χ1n) is 12.4. The van der Waals surface area contributed by atoms with Gasteiger partial charge < -0.3 is 23.4 Å². The lowest BCUT2D eigenvalue weighted by molar-refractivity contribution is 0.298. The topological polar surface area (TPSA) is 99.5 Å². The minimum Gasteiger partial charge on any atom is -0.505 e. The normalized spacial score (nSPS) is 11.3. The first-order valence-corrected chi connectivity index (χ1v) is 13.2. The number of rotatable bonds is 8. The minimum atomic E-state index is -0.804. The van der Waals surface area contributed by atoms with Crippen LogP contribution in [0.1, 0.15) is 5.56 Å². The van der Waals surface area contributed by atoms with E-state index in [9.17, 15) is 19.1 Å². The van der Waals surface area contributed by atoms with Gasteiger partial charge in [0.15, 0.2) is 11.3 Å². The van der Waals surface area contributed by atoms with Gasteiger partial charge in [0.25, 0.3) is 5.56 Å². The molecule has 0 radical (unpaired) electrons. The van der Waals surface area contributed by atoms with Crippen molar-refractivity contribution in [1.82, 2.24) is 14.1 Å². The molecule has 8 nitrogen and oxygen atoms in total. The average molecular weight is 556 g/mol. The van der Waals surface area contributed by atoms with Crippen LogP contribution in [0.3, 0.4) is 0 Å². The molecule has 3 heterocycles. The van der Waals surface area contributed by atoms with E-state index in [1.54, 1.807) is 30.7 Å². The van der Waals surface area contributed by atoms with Gasteiger partial charge in [-0.1, -0.05) is 42.1 Å². The lowest BCUT2D eigenvalue weighted by atomic mass is 10.1. The van der Waals surface area contributed by atoms with Crippen LogP contribution in [0.15, 0.2) is 115 Å². The molecule has 10 heteroatoms. The summed E-state index contributed by atoms with van der Waals surface area (Å²) in [6.45, 7) is 1.17. The number of ether oxygens (including phenoxy) is 1. The van der Waals surface area contributed by atoms with Gasteiger partial charge in [-0.15, -0.1) is 0 Å². The maximum absolute atomic E-state index is 13.9. The van der Waals surface area contributed by atoms with Crippen molar-refractivity contribution in [3.05, 3.63) is 124 Å². The Kier molecular flexibility index (Phi) is 6.83. The molecule has 0 bridgehead atoms.